The van der Waals surface area contributed by atoms with E-state index in [1.807, 2.05) is 6.08 Å². The fourth-order valence-electron chi connectivity index (χ4n) is 1.29. The largest absolute Gasteiger partial charge is 0.288 e. The highest BCUT2D eigenvalue weighted by Crippen LogP contribution is 2.09. The molecule has 0 rings (SSSR count). The zero-order valence-corrected chi connectivity index (χ0v) is 9.95. The van der Waals surface area contributed by atoms with Gasteiger partial charge in [-0.05, 0) is 31.7 Å². The molecule has 82 valence electrons. The van der Waals surface area contributed by atoms with Crippen LogP contribution in [-0.4, -0.2) is 19.5 Å². The number of nitrogens with zero attached hydrogens (tertiary/aromatic N) is 2. The van der Waals surface area contributed by atoms with Crippen LogP contribution < -0.4 is 0 Å². The van der Waals surface area contributed by atoms with E-state index in [9.17, 15) is 0 Å². The van der Waals surface area contributed by atoms with Crippen LogP contribution in [0, 0.1) is 0 Å². The van der Waals surface area contributed by atoms with Gasteiger partial charge in [0.05, 0.1) is 5.71 Å². The fourth-order valence-corrected chi connectivity index (χ4v) is 1.29. The van der Waals surface area contributed by atoms with E-state index in [-0.39, 0.29) is 0 Å². The molecule has 0 aliphatic rings. The van der Waals surface area contributed by atoms with Crippen LogP contribution in [-0.2, 0) is 0 Å². The van der Waals surface area contributed by atoms with E-state index < -0.39 is 0 Å². The van der Waals surface area contributed by atoms with E-state index >= 15 is 0 Å². The Balaban J connectivity index is 4.61. The van der Waals surface area contributed by atoms with Crippen LogP contribution >= 0.6 is 0 Å². The van der Waals surface area contributed by atoms with Gasteiger partial charge in [-0.15, -0.1) is 0 Å². The summed E-state index contributed by atoms with van der Waals surface area (Å²) < 4.78 is 0. The lowest BCUT2D eigenvalue weighted by Gasteiger charge is -2.02. The molecule has 0 aliphatic heterocycles. The van der Waals surface area contributed by atoms with Gasteiger partial charge in [0.15, 0.2) is 0 Å². The number of aliphatic imine (C=N–C) groups is 2. The number of allylic oxidation sites excluding steroid dienone is 4. The lowest BCUT2D eigenvalue weighted by atomic mass is 10.1. The van der Waals surface area contributed by atoms with Crippen molar-refractivity contribution < 1.29 is 0 Å². The molecule has 0 saturated carbocycles. The van der Waals surface area contributed by atoms with Gasteiger partial charge in [-0.3, -0.25) is 9.98 Å². The second kappa shape index (κ2) is 7.92. The van der Waals surface area contributed by atoms with Crippen molar-refractivity contribution in [2.45, 2.75) is 26.7 Å². The van der Waals surface area contributed by atoms with Crippen LogP contribution in [0.5, 0.6) is 0 Å². The minimum Gasteiger partial charge on any atom is -0.288 e. The maximum Gasteiger partial charge on any atom is 0.0652 e. The highest BCUT2D eigenvalue weighted by atomic mass is 14.7. The van der Waals surface area contributed by atoms with Crippen molar-refractivity contribution in [1.29, 1.82) is 0 Å². The SMILES string of the molecule is C=N/C=C\C(=N/C)C(=C)/C=C(/C)CCC. The maximum absolute atomic E-state index is 4.14. The van der Waals surface area contributed by atoms with E-state index in [0.717, 1.165) is 24.1 Å². The van der Waals surface area contributed by atoms with Crippen molar-refractivity contribution in [3.63, 3.8) is 0 Å². The monoisotopic (exact) mass is 204 g/mol. The normalized spacial score (nSPS) is 13.3. The summed E-state index contributed by atoms with van der Waals surface area (Å²) in [7, 11) is 1.75. The second-order valence-corrected chi connectivity index (χ2v) is 3.37. The van der Waals surface area contributed by atoms with Gasteiger partial charge in [0, 0.05) is 13.2 Å². The Labute approximate surface area is 92.8 Å². The first-order chi connectivity index (χ1) is 7.15. The molecule has 0 aromatic carbocycles. The predicted molar refractivity (Wildman–Crippen MR) is 69.9 cm³/mol. The maximum atomic E-state index is 4.14. The van der Waals surface area contributed by atoms with Crippen molar-refractivity contribution in [3.05, 3.63) is 36.1 Å². The molecule has 0 atom stereocenters. The second-order valence-electron chi connectivity index (χ2n) is 3.37. The molecule has 0 aliphatic carbocycles. The van der Waals surface area contributed by atoms with E-state index in [0.29, 0.717) is 0 Å². The van der Waals surface area contributed by atoms with E-state index in [4.69, 9.17) is 0 Å². The van der Waals surface area contributed by atoms with Gasteiger partial charge >= 0.3 is 0 Å². The molecule has 2 heteroatoms. The topological polar surface area (TPSA) is 24.7 Å². The van der Waals surface area contributed by atoms with Gasteiger partial charge in [-0.25, -0.2) is 0 Å². The van der Waals surface area contributed by atoms with Crippen LogP contribution in [0.15, 0.2) is 46.1 Å². The van der Waals surface area contributed by atoms with Gasteiger partial charge in [0.2, 0.25) is 0 Å². The summed E-state index contributed by atoms with van der Waals surface area (Å²) in [5.74, 6) is 0. The molecule has 0 fully saturated rings. The molecule has 0 spiro atoms. The first-order valence-corrected chi connectivity index (χ1v) is 5.11. The Morgan fingerprint density at radius 1 is 1.40 bits per heavy atom. The zero-order chi connectivity index (χ0) is 11.7. The van der Waals surface area contributed by atoms with Crippen molar-refractivity contribution in [2.75, 3.05) is 7.05 Å². The molecule has 0 heterocycles. The van der Waals surface area contributed by atoms with Crippen molar-refractivity contribution in [2.24, 2.45) is 9.98 Å². The first-order valence-electron chi connectivity index (χ1n) is 5.11. The summed E-state index contributed by atoms with van der Waals surface area (Å²) in [4.78, 5) is 7.78. The van der Waals surface area contributed by atoms with E-state index in [1.165, 1.54) is 5.57 Å². The molecule has 0 amide bonds. The van der Waals surface area contributed by atoms with Gasteiger partial charge in [-0.1, -0.05) is 31.6 Å². The Kier molecular flexibility index (Phi) is 7.16. The third kappa shape index (κ3) is 5.78. The Bertz CT molecular complexity index is 306. The number of rotatable bonds is 6. The van der Waals surface area contributed by atoms with Crippen LogP contribution in [0.4, 0.5) is 0 Å². The van der Waals surface area contributed by atoms with Crippen molar-refractivity contribution in [3.8, 4) is 0 Å². The lowest BCUT2D eigenvalue weighted by Crippen LogP contribution is -1.96. The quantitative estimate of drug-likeness (QED) is 0.467. The van der Waals surface area contributed by atoms with Gasteiger partial charge in [0.1, 0.15) is 0 Å². The smallest absolute Gasteiger partial charge is 0.0652 e. The fraction of sp³-hybridized carbons (Fsp3) is 0.385. The summed E-state index contributed by atoms with van der Waals surface area (Å²) in [6, 6.07) is 0. The molecule has 15 heavy (non-hydrogen) atoms. The summed E-state index contributed by atoms with van der Waals surface area (Å²) in [5.41, 5.74) is 3.09. The molecule has 0 aromatic heterocycles. The summed E-state index contributed by atoms with van der Waals surface area (Å²) in [5, 5.41) is 0. The summed E-state index contributed by atoms with van der Waals surface area (Å²) in [6.45, 7) is 11.6. The van der Waals surface area contributed by atoms with Crippen LogP contribution in [0.3, 0.4) is 0 Å². The van der Waals surface area contributed by atoms with Crippen LogP contribution in [0.1, 0.15) is 26.7 Å². The average Bonchev–Trinajstić information content (AvgIpc) is 2.19. The molecule has 0 saturated heterocycles. The zero-order valence-electron chi connectivity index (χ0n) is 9.95. The number of hydrogen-bond acceptors (Lipinski definition) is 2. The van der Waals surface area contributed by atoms with E-state index in [1.54, 1.807) is 13.2 Å². The first kappa shape index (κ1) is 13.6. The summed E-state index contributed by atoms with van der Waals surface area (Å²) >= 11 is 0. The molecule has 0 radical (unpaired) electrons. The Morgan fingerprint density at radius 3 is 2.53 bits per heavy atom. The van der Waals surface area contributed by atoms with Crippen molar-refractivity contribution >= 4 is 12.4 Å². The minimum atomic E-state index is 0.845. The molecule has 0 aromatic rings. The van der Waals surface area contributed by atoms with Gasteiger partial charge < -0.3 is 0 Å². The van der Waals surface area contributed by atoms with Gasteiger partial charge in [-0.2, -0.15) is 0 Å². The Hall–Kier alpha value is -1.44. The highest BCUT2D eigenvalue weighted by molar-refractivity contribution is 6.09. The third-order valence-corrected chi connectivity index (χ3v) is 1.97. The van der Waals surface area contributed by atoms with Gasteiger partial charge in [0.25, 0.3) is 0 Å². The summed E-state index contributed by atoms with van der Waals surface area (Å²) in [6.07, 6.45) is 7.75. The van der Waals surface area contributed by atoms with Crippen LogP contribution in [0.2, 0.25) is 0 Å². The molecule has 0 bridgehead atoms. The molecule has 2 nitrogen and oxygen atoms in total. The standard InChI is InChI=1S/C13H20N2/c1-6-7-11(2)10-12(3)13(15-5)8-9-14-4/h8-10H,3-4,6-7H2,1-2,5H3/b9-8-,11-10-,15-13+. The highest BCUT2D eigenvalue weighted by Gasteiger charge is 1.97. The molecule has 0 unspecified atom stereocenters. The molecular weight excluding hydrogens is 184 g/mol. The van der Waals surface area contributed by atoms with E-state index in [2.05, 4.69) is 43.2 Å². The third-order valence-electron chi connectivity index (χ3n) is 1.97. The lowest BCUT2D eigenvalue weighted by molar-refractivity contribution is 0.905. The predicted octanol–water partition coefficient (Wildman–Crippen LogP) is 3.57. The number of hydrogen-bond donors (Lipinski definition) is 0. The molecular formula is C13H20N2. The average molecular weight is 204 g/mol. The molecule has 0 N–H and O–H groups in total. The minimum absolute atomic E-state index is 0.845. The van der Waals surface area contributed by atoms with Crippen molar-refractivity contribution in [1.82, 2.24) is 0 Å². The Morgan fingerprint density at radius 2 is 2.07 bits per heavy atom. The van der Waals surface area contributed by atoms with Crippen LogP contribution in [0.25, 0.3) is 0 Å².